The number of aliphatic hydroxyl groups is 1. The molecule has 0 aliphatic carbocycles. The lowest BCUT2D eigenvalue weighted by Crippen LogP contribution is -2.58. The highest BCUT2D eigenvalue weighted by Gasteiger charge is 2.31. The summed E-state index contributed by atoms with van der Waals surface area (Å²) in [5, 5.41) is 26.0. The van der Waals surface area contributed by atoms with Gasteiger partial charge in [-0.1, -0.05) is 13.8 Å². The minimum absolute atomic E-state index is 0.0291. The minimum Gasteiger partial charge on any atom is -0.480 e. The van der Waals surface area contributed by atoms with Crippen LogP contribution in [0.25, 0.3) is 0 Å². The van der Waals surface area contributed by atoms with Crippen molar-refractivity contribution in [2.24, 2.45) is 11.7 Å². The average Bonchev–Trinajstić information content (AvgIpc) is 3.25. The maximum atomic E-state index is 12.9. The zero-order chi connectivity index (χ0) is 24.3. The zero-order valence-corrected chi connectivity index (χ0v) is 19.1. The summed E-state index contributed by atoms with van der Waals surface area (Å²) in [6.45, 7) is 2.72. The lowest BCUT2D eigenvalue weighted by molar-refractivity contribution is -0.143. The first kappa shape index (κ1) is 27.4. The van der Waals surface area contributed by atoms with E-state index in [1.807, 2.05) is 6.26 Å². The van der Waals surface area contributed by atoms with E-state index >= 15 is 0 Å². The Bertz CT molecular complexity index is 759. The fourth-order valence-electron chi connectivity index (χ4n) is 2.73. The molecule has 12 nitrogen and oxygen atoms in total. The van der Waals surface area contributed by atoms with Crippen LogP contribution in [0.4, 0.5) is 0 Å². The molecule has 0 aromatic carbocycles. The summed E-state index contributed by atoms with van der Waals surface area (Å²) in [4.78, 5) is 56.1. The Balaban J connectivity index is 3.03. The van der Waals surface area contributed by atoms with E-state index in [1.54, 1.807) is 13.8 Å². The molecule has 0 spiro atoms. The maximum Gasteiger partial charge on any atom is 0.326 e. The van der Waals surface area contributed by atoms with E-state index in [0.29, 0.717) is 11.4 Å². The molecule has 0 aliphatic heterocycles. The average molecular weight is 473 g/mol. The first-order valence-electron chi connectivity index (χ1n) is 10.1. The number of nitrogens with one attached hydrogen (secondary N) is 4. The molecule has 13 heteroatoms. The Hall–Kier alpha value is -2.64. The number of aromatic nitrogens is 2. The predicted octanol–water partition coefficient (Wildman–Crippen LogP) is -1.78. The van der Waals surface area contributed by atoms with Gasteiger partial charge in [0.2, 0.25) is 17.7 Å². The second-order valence-corrected chi connectivity index (χ2v) is 8.53. The van der Waals surface area contributed by atoms with Crippen molar-refractivity contribution in [3.63, 3.8) is 0 Å². The number of carbonyl (C=O) groups is 4. The standard InChI is InChI=1S/C19H32N6O6S/c1-10(2)15(19(30)31)25-18(29)14(6-11-7-21-9-22-11)24-17(28)13(4-5-32-3)23-16(27)12(20)8-26/h7,9-10,12-15,26H,4-6,8,20H2,1-3H3,(H,21,22)(H,23,27)(H,24,28)(H,25,29)(H,30,31). The summed E-state index contributed by atoms with van der Waals surface area (Å²) in [6.07, 6.45) is 5.03. The number of amides is 3. The van der Waals surface area contributed by atoms with Gasteiger partial charge in [-0.15, -0.1) is 0 Å². The van der Waals surface area contributed by atoms with Crippen LogP contribution in [0.15, 0.2) is 12.5 Å². The minimum atomic E-state index is -1.19. The summed E-state index contributed by atoms with van der Waals surface area (Å²) in [7, 11) is 0. The van der Waals surface area contributed by atoms with Crippen LogP contribution in [0.3, 0.4) is 0 Å². The van der Waals surface area contributed by atoms with Crippen molar-refractivity contribution >= 4 is 35.5 Å². The topological polar surface area (TPSA) is 200 Å². The van der Waals surface area contributed by atoms with Crippen LogP contribution in [0, 0.1) is 5.92 Å². The van der Waals surface area contributed by atoms with Gasteiger partial charge in [-0.2, -0.15) is 11.8 Å². The number of hydrogen-bond acceptors (Lipinski definition) is 8. The Morgan fingerprint density at radius 1 is 1.12 bits per heavy atom. The summed E-state index contributed by atoms with van der Waals surface area (Å²) >= 11 is 1.46. The first-order valence-corrected chi connectivity index (χ1v) is 11.5. The number of H-pyrrole nitrogens is 1. The van der Waals surface area contributed by atoms with Crippen molar-refractivity contribution in [2.45, 2.75) is 50.9 Å². The molecule has 180 valence electrons. The van der Waals surface area contributed by atoms with Gasteiger partial charge in [0.05, 0.1) is 12.9 Å². The molecule has 0 radical (unpaired) electrons. The molecule has 1 aromatic rings. The van der Waals surface area contributed by atoms with E-state index in [-0.39, 0.29) is 18.8 Å². The zero-order valence-electron chi connectivity index (χ0n) is 18.3. The van der Waals surface area contributed by atoms with Crippen LogP contribution in [0.5, 0.6) is 0 Å². The van der Waals surface area contributed by atoms with Gasteiger partial charge in [0.15, 0.2) is 0 Å². The number of thioether (sulfide) groups is 1. The van der Waals surface area contributed by atoms with E-state index in [1.165, 1.54) is 24.3 Å². The number of aliphatic hydroxyl groups excluding tert-OH is 1. The van der Waals surface area contributed by atoms with E-state index in [9.17, 15) is 24.3 Å². The monoisotopic (exact) mass is 472 g/mol. The fourth-order valence-corrected chi connectivity index (χ4v) is 3.20. The highest BCUT2D eigenvalue weighted by atomic mass is 32.2. The highest BCUT2D eigenvalue weighted by Crippen LogP contribution is 2.07. The Morgan fingerprint density at radius 3 is 2.25 bits per heavy atom. The number of rotatable bonds is 14. The molecule has 8 N–H and O–H groups in total. The number of hydrogen-bond donors (Lipinski definition) is 7. The van der Waals surface area contributed by atoms with Crippen molar-refractivity contribution in [3.05, 3.63) is 18.2 Å². The molecule has 3 amide bonds. The van der Waals surface area contributed by atoms with E-state index in [4.69, 9.17) is 10.8 Å². The van der Waals surface area contributed by atoms with Crippen LogP contribution in [0.1, 0.15) is 26.0 Å². The molecule has 1 heterocycles. The second-order valence-electron chi connectivity index (χ2n) is 7.54. The van der Waals surface area contributed by atoms with E-state index in [2.05, 4.69) is 25.9 Å². The Morgan fingerprint density at radius 2 is 1.75 bits per heavy atom. The van der Waals surface area contributed by atoms with Crippen molar-refractivity contribution in [1.29, 1.82) is 0 Å². The number of nitrogens with zero attached hydrogens (tertiary/aromatic N) is 1. The summed E-state index contributed by atoms with van der Waals surface area (Å²) in [5.74, 6) is -3.05. The van der Waals surface area contributed by atoms with Crippen LogP contribution in [-0.2, 0) is 25.6 Å². The molecule has 1 rings (SSSR count). The van der Waals surface area contributed by atoms with E-state index in [0.717, 1.165) is 0 Å². The third-order valence-electron chi connectivity index (χ3n) is 4.62. The summed E-state index contributed by atoms with van der Waals surface area (Å²) in [5.41, 5.74) is 6.06. The fraction of sp³-hybridized carbons (Fsp3) is 0.632. The molecule has 1 aromatic heterocycles. The van der Waals surface area contributed by atoms with Crippen molar-refractivity contribution in [1.82, 2.24) is 25.9 Å². The lowest BCUT2D eigenvalue weighted by Gasteiger charge is -2.25. The molecule has 0 saturated heterocycles. The SMILES string of the molecule is CSCCC(NC(=O)C(N)CO)C(=O)NC(Cc1cnc[nH]1)C(=O)NC(C(=O)O)C(C)C. The van der Waals surface area contributed by atoms with Gasteiger partial charge in [0, 0.05) is 18.3 Å². The predicted molar refractivity (Wildman–Crippen MR) is 119 cm³/mol. The van der Waals surface area contributed by atoms with Gasteiger partial charge in [0.25, 0.3) is 0 Å². The maximum absolute atomic E-state index is 12.9. The number of nitrogens with two attached hydrogens (primary N) is 1. The smallest absolute Gasteiger partial charge is 0.326 e. The van der Waals surface area contributed by atoms with Gasteiger partial charge in [-0.3, -0.25) is 14.4 Å². The number of imidazole rings is 1. The van der Waals surface area contributed by atoms with Crippen LogP contribution in [0.2, 0.25) is 0 Å². The highest BCUT2D eigenvalue weighted by molar-refractivity contribution is 7.98. The first-order chi connectivity index (χ1) is 15.1. The van der Waals surface area contributed by atoms with Crippen molar-refractivity contribution in [2.75, 3.05) is 18.6 Å². The van der Waals surface area contributed by atoms with Crippen molar-refractivity contribution < 1.29 is 29.4 Å². The number of carbonyl (C=O) groups excluding carboxylic acids is 3. The normalized spacial score (nSPS) is 14.8. The van der Waals surface area contributed by atoms with Gasteiger partial charge < -0.3 is 36.9 Å². The van der Waals surface area contributed by atoms with Gasteiger partial charge in [0.1, 0.15) is 24.2 Å². The largest absolute Gasteiger partial charge is 0.480 e. The molecular weight excluding hydrogens is 440 g/mol. The van der Waals surface area contributed by atoms with Gasteiger partial charge in [-0.05, 0) is 24.3 Å². The molecule has 0 fully saturated rings. The molecule has 0 bridgehead atoms. The molecule has 4 unspecified atom stereocenters. The Labute approximate surface area is 190 Å². The van der Waals surface area contributed by atoms with Crippen molar-refractivity contribution in [3.8, 4) is 0 Å². The molecule has 32 heavy (non-hydrogen) atoms. The van der Waals surface area contributed by atoms with E-state index < -0.39 is 54.5 Å². The number of carboxylic acid groups (broad SMARTS) is 1. The molecule has 0 aliphatic rings. The summed E-state index contributed by atoms with van der Waals surface area (Å²) < 4.78 is 0. The molecular formula is C19H32N6O6S. The lowest BCUT2D eigenvalue weighted by atomic mass is 10.0. The van der Waals surface area contributed by atoms with Crippen LogP contribution >= 0.6 is 11.8 Å². The molecule has 4 atom stereocenters. The van der Waals surface area contributed by atoms with Crippen LogP contribution in [-0.4, -0.2) is 86.7 Å². The number of aromatic amines is 1. The van der Waals surface area contributed by atoms with Gasteiger partial charge in [-0.25, -0.2) is 9.78 Å². The third kappa shape index (κ3) is 8.85. The molecule has 0 saturated carbocycles. The third-order valence-corrected chi connectivity index (χ3v) is 5.26. The quantitative estimate of drug-likeness (QED) is 0.163. The van der Waals surface area contributed by atoms with Gasteiger partial charge >= 0.3 is 5.97 Å². The summed E-state index contributed by atoms with van der Waals surface area (Å²) in [6, 6.07) is -4.45. The Kier molecular flexibility index (Phi) is 11.7. The number of aliphatic carboxylic acids is 1. The number of carboxylic acids is 1. The van der Waals surface area contributed by atoms with Crippen LogP contribution < -0.4 is 21.7 Å². The second kappa shape index (κ2) is 13.7.